The van der Waals surface area contributed by atoms with E-state index in [9.17, 15) is 13.6 Å². The summed E-state index contributed by atoms with van der Waals surface area (Å²) in [6.45, 7) is 4.77. The smallest absolute Gasteiger partial charge is 0.280 e. The van der Waals surface area contributed by atoms with E-state index in [-0.39, 0.29) is 5.92 Å². The highest BCUT2D eigenvalue weighted by Gasteiger charge is 2.09. The molecule has 0 atom stereocenters. The molecular weight excluding hydrogens is 398 g/mol. The molecule has 168 valence electrons. The molecular formula is C25H32F2N2O2. The number of amides is 1. The van der Waals surface area contributed by atoms with Crippen LogP contribution in [0.15, 0.2) is 60.2 Å². The number of rotatable bonds is 13. The number of allylic oxidation sites excluding steroid dienone is 3. The van der Waals surface area contributed by atoms with Crippen molar-refractivity contribution in [2.24, 2.45) is 5.92 Å². The minimum atomic E-state index is -1.10. The average molecular weight is 431 g/mol. The van der Waals surface area contributed by atoms with Crippen LogP contribution in [0.4, 0.5) is 8.78 Å². The number of fused-ring (bicyclic) bond motifs is 1. The molecule has 0 spiro atoms. The zero-order valence-corrected chi connectivity index (χ0v) is 18.4. The van der Waals surface area contributed by atoms with Gasteiger partial charge in [-0.15, -0.1) is 0 Å². The number of pyridine rings is 1. The van der Waals surface area contributed by atoms with Crippen LogP contribution in [0, 0.1) is 5.92 Å². The third kappa shape index (κ3) is 9.73. The molecule has 0 aliphatic carbocycles. The molecule has 1 amide bonds. The number of aromatic nitrogens is 1. The Kier molecular flexibility index (Phi) is 10.7. The summed E-state index contributed by atoms with van der Waals surface area (Å²) in [6, 6.07) is 11.8. The minimum absolute atomic E-state index is 0.207. The van der Waals surface area contributed by atoms with Crippen LogP contribution >= 0.6 is 0 Å². The van der Waals surface area contributed by atoms with Gasteiger partial charge in [0.25, 0.3) is 5.91 Å². The third-order valence-electron chi connectivity index (χ3n) is 4.66. The zero-order valence-electron chi connectivity index (χ0n) is 18.4. The summed E-state index contributed by atoms with van der Waals surface area (Å²) < 4.78 is 33.0. The van der Waals surface area contributed by atoms with Crippen LogP contribution in [0.1, 0.15) is 52.4 Å². The van der Waals surface area contributed by atoms with Crippen molar-refractivity contribution in [2.75, 3.05) is 13.2 Å². The molecule has 2 rings (SSSR count). The Bertz CT molecular complexity index is 894. The maximum absolute atomic E-state index is 13.7. The molecule has 0 saturated carbocycles. The standard InChI is InChI=1S/C25H32F2N2O2/c1-19(2)18-28-25(30)22(27)17-21(26)12-7-5-3-4-6-10-16-31-24-15-14-20-11-8-9-13-23(20)29-24/h8-9,11-15,17,19H,3-7,10,16,18H2,1-2H3,(H,28,30)/b21-12+,22-17-. The second-order valence-corrected chi connectivity index (χ2v) is 7.93. The van der Waals surface area contributed by atoms with Crippen LogP contribution in [0.25, 0.3) is 10.9 Å². The Labute approximate surface area is 183 Å². The van der Waals surface area contributed by atoms with Gasteiger partial charge in [0.05, 0.1) is 12.1 Å². The van der Waals surface area contributed by atoms with E-state index in [2.05, 4.69) is 10.3 Å². The summed E-state index contributed by atoms with van der Waals surface area (Å²) >= 11 is 0. The lowest BCUT2D eigenvalue weighted by atomic mass is 10.1. The van der Waals surface area contributed by atoms with Crippen molar-refractivity contribution >= 4 is 16.8 Å². The SMILES string of the molecule is CC(C)CNC(=O)/C(F)=C/C(F)=C\CCCCCCCOc1ccc2ccccc2n1. The molecule has 2 aromatic rings. The first-order chi connectivity index (χ1) is 15.0. The van der Waals surface area contributed by atoms with E-state index in [1.165, 1.54) is 6.08 Å². The monoisotopic (exact) mass is 430 g/mol. The van der Waals surface area contributed by atoms with Gasteiger partial charge in [0.2, 0.25) is 5.88 Å². The Hall–Kier alpha value is -2.76. The molecule has 1 aromatic heterocycles. The maximum atomic E-state index is 13.7. The van der Waals surface area contributed by atoms with Gasteiger partial charge in [0.1, 0.15) is 5.83 Å². The van der Waals surface area contributed by atoms with Crippen LogP contribution in [0.3, 0.4) is 0 Å². The van der Waals surface area contributed by atoms with Crippen molar-refractivity contribution in [2.45, 2.75) is 52.4 Å². The number of hydrogen-bond acceptors (Lipinski definition) is 3. The highest BCUT2D eigenvalue weighted by atomic mass is 19.1. The fourth-order valence-corrected chi connectivity index (χ4v) is 2.95. The molecule has 0 aliphatic heterocycles. The lowest BCUT2D eigenvalue weighted by Gasteiger charge is -2.06. The molecule has 6 heteroatoms. The topological polar surface area (TPSA) is 51.2 Å². The first-order valence-corrected chi connectivity index (χ1v) is 11.0. The number of benzene rings is 1. The van der Waals surface area contributed by atoms with Crippen molar-refractivity contribution in [3.8, 4) is 5.88 Å². The Morgan fingerprint density at radius 2 is 1.81 bits per heavy atom. The van der Waals surface area contributed by atoms with Crippen molar-refractivity contribution in [3.63, 3.8) is 0 Å². The van der Waals surface area contributed by atoms with Gasteiger partial charge in [-0.2, -0.15) is 0 Å². The predicted octanol–water partition coefficient (Wildman–Crippen LogP) is 6.43. The van der Waals surface area contributed by atoms with Gasteiger partial charge in [-0.25, -0.2) is 13.8 Å². The van der Waals surface area contributed by atoms with Gasteiger partial charge >= 0.3 is 0 Å². The number of ether oxygens (including phenoxy) is 1. The summed E-state index contributed by atoms with van der Waals surface area (Å²) in [7, 11) is 0. The zero-order chi connectivity index (χ0) is 22.5. The molecule has 0 fully saturated rings. The van der Waals surface area contributed by atoms with Gasteiger partial charge in [-0.1, -0.05) is 51.3 Å². The number of nitrogens with one attached hydrogen (secondary N) is 1. The molecule has 31 heavy (non-hydrogen) atoms. The van der Waals surface area contributed by atoms with E-state index in [0.29, 0.717) is 31.5 Å². The van der Waals surface area contributed by atoms with E-state index in [1.807, 2.05) is 50.2 Å². The van der Waals surface area contributed by atoms with E-state index in [4.69, 9.17) is 4.74 Å². The fraction of sp³-hybridized carbons (Fsp3) is 0.440. The predicted molar refractivity (Wildman–Crippen MR) is 121 cm³/mol. The highest BCUT2D eigenvalue weighted by Crippen LogP contribution is 2.16. The van der Waals surface area contributed by atoms with E-state index < -0.39 is 17.6 Å². The first kappa shape index (κ1) is 24.5. The number of hydrogen-bond donors (Lipinski definition) is 1. The molecule has 0 bridgehead atoms. The second-order valence-electron chi connectivity index (χ2n) is 7.93. The maximum Gasteiger partial charge on any atom is 0.280 e. The van der Waals surface area contributed by atoms with Crippen LogP contribution in [0.5, 0.6) is 5.88 Å². The minimum Gasteiger partial charge on any atom is -0.478 e. The fourth-order valence-electron chi connectivity index (χ4n) is 2.95. The van der Waals surface area contributed by atoms with Crippen LogP contribution in [-0.4, -0.2) is 24.0 Å². The Balaban J connectivity index is 1.55. The summed E-state index contributed by atoms with van der Waals surface area (Å²) in [4.78, 5) is 15.9. The van der Waals surface area contributed by atoms with Gasteiger partial charge in [0, 0.05) is 24.1 Å². The molecule has 0 aliphatic rings. The number of para-hydroxylation sites is 1. The quantitative estimate of drug-likeness (QED) is 0.226. The summed E-state index contributed by atoms with van der Waals surface area (Å²) in [5, 5.41) is 3.51. The molecule has 0 radical (unpaired) electrons. The second kappa shape index (κ2) is 13.5. The lowest BCUT2D eigenvalue weighted by molar-refractivity contribution is -0.119. The van der Waals surface area contributed by atoms with Gasteiger partial charge < -0.3 is 10.1 Å². The van der Waals surface area contributed by atoms with Gasteiger partial charge in [-0.3, -0.25) is 4.79 Å². The van der Waals surface area contributed by atoms with Gasteiger partial charge in [0.15, 0.2) is 5.83 Å². The lowest BCUT2D eigenvalue weighted by Crippen LogP contribution is -2.27. The van der Waals surface area contributed by atoms with Gasteiger partial charge in [-0.05, 0) is 43.4 Å². The number of carbonyl (C=O) groups excluding carboxylic acids is 1. The molecule has 0 saturated heterocycles. The largest absolute Gasteiger partial charge is 0.478 e. The number of halogens is 2. The van der Waals surface area contributed by atoms with Crippen LogP contribution in [-0.2, 0) is 4.79 Å². The molecule has 0 unspecified atom stereocenters. The van der Waals surface area contributed by atoms with Crippen molar-refractivity contribution < 1.29 is 18.3 Å². The van der Waals surface area contributed by atoms with Crippen molar-refractivity contribution in [3.05, 3.63) is 60.2 Å². The first-order valence-electron chi connectivity index (χ1n) is 11.0. The third-order valence-corrected chi connectivity index (χ3v) is 4.66. The van der Waals surface area contributed by atoms with E-state index in [1.54, 1.807) is 0 Å². The van der Waals surface area contributed by atoms with Crippen molar-refractivity contribution in [1.82, 2.24) is 10.3 Å². The molecule has 1 aromatic carbocycles. The highest BCUT2D eigenvalue weighted by molar-refractivity contribution is 5.91. The number of nitrogens with zero attached hydrogens (tertiary/aromatic N) is 1. The molecule has 4 nitrogen and oxygen atoms in total. The number of carbonyl (C=O) groups is 1. The normalized spacial score (nSPS) is 12.4. The Morgan fingerprint density at radius 1 is 1.06 bits per heavy atom. The summed E-state index contributed by atoms with van der Waals surface area (Å²) in [5.74, 6) is -1.85. The summed E-state index contributed by atoms with van der Waals surface area (Å²) in [6.07, 6.45) is 7.22. The Morgan fingerprint density at radius 3 is 2.61 bits per heavy atom. The van der Waals surface area contributed by atoms with Crippen LogP contribution in [0.2, 0.25) is 0 Å². The molecule has 1 N–H and O–H groups in total. The van der Waals surface area contributed by atoms with E-state index in [0.717, 1.165) is 43.0 Å². The van der Waals surface area contributed by atoms with Crippen molar-refractivity contribution in [1.29, 1.82) is 0 Å². The van der Waals surface area contributed by atoms with E-state index >= 15 is 0 Å². The van der Waals surface area contributed by atoms with Crippen LogP contribution < -0.4 is 10.1 Å². The average Bonchev–Trinajstić information content (AvgIpc) is 2.76. The number of unbranched alkanes of at least 4 members (excludes halogenated alkanes) is 5. The molecule has 1 heterocycles. The summed E-state index contributed by atoms with van der Waals surface area (Å²) in [5.41, 5.74) is 0.922.